The first-order valence-electron chi connectivity index (χ1n) is 3.94. The van der Waals surface area contributed by atoms with E-state index < -0.39 is 29.1 Å². The zero-order valence-corrected chi connectivity index (χ0v) is 8.71. The molecule has 0 radical (unpaired) electrons. The van der Waals surface area contributed by atoms with Crippen molar-refractivity contribution < 1.29 is 19.4 Å². The molecule has 0 bridgehead atoms. The Bertz CT molecular complexity index is 382. The Morgan fingerprint density at radius 1 is 1.53 bits per heavy atom. The number of phenols is 1. The van der Waals surface area contributed by atoms with Crippen LogP contribution in [0.4, 0.5) is 4.39 Å². The first-order valence-corrected chi connectivity index (χ1v) is 3.94. The normalized spacial score (nSPS) is 11.7. The van der Waals surface area contributed by atoms with E-state index in [4.69, 9.17) is 10.8 Å². The standard InChI is InChI=1S/C9H10FNO3.ClH/c1-4(11)6-2-5(10)3-7(8(6)12)9(13)14;/h2-4,12H,11H2,1H3,(H,13,14);1H/t4-;/m0./s1. The fourth-order valence-electron chi connectivity index (χ4n) is 1.13. The van der Waals surface area contributed by atoms with E-state index in [0.29, 0.717) is 0 Å². The molecule has 1 aromatic carbocycles. The molecule has 1 atom stereocenters. The third kappa shape index (κ3) is 2.81. The van der Waals surface area contributed by atoms with Crippen LogP contribution in [0.15, 0.2) is 12.1 Å². The molecule has 0 heterocycles. The number of aromatic hydroxyl groups is 1. The second-order valence-corrected chi connectivity index (χ2v) is 2.99. The highest BCUT2D eigenvalue weighted by Crippen LogP contribution is 2.28. The predicted octanol–water partition coefficient (Wildman–Crippen LogP) is 1.67. The van der Waals surface area contributed by atoms with E-state index in [9.17, 15) is 14.3 Å². The molecule has 0 aliphatic heterocycles. The average molecular weight is 236 g/mol. The Labute approximate surface area is 91.9 Å². The molecule has 0 fully saturated rings. The van der Waals surface area contributed by atoms with Gasteiger partial charge in [0.1, 0.15) is 17.1 Å². The van der Waals surface area contributed by atoms with Gasteiger partial charge < -0.3 is 15.9 Å². The van der Waals surface area contributed by atoms with Crippen LogP contribution in [0.1, 0.15) is 28.9 Å². The topological polar surface area (TPSA) is 83.6 Å². The summed E-state index contributed by atoms with van der Waals surface area (Å²) in [5, 5.41) is 18.1. The molecule has 0 spiro atoms. The van der Waals surface area contributed by atoms with Crippen LogP contribution >= 0.6 is 12.4 Å². The highest BCUT2D eigenvalue weighted by Gasteiger charge is 2.17. The van der Waals surface area contributed by atoms with Crippen LogP contribution in [0.3, 0.4) is 0 Å². The van der Waals surface area contributed by atoms with Crippen molar-refractivity contribution in [2.45, 2.75) is 13.0 Å². The van der Waals surface area contributed by atoms with Gasteiger partial charge in [-0.1, -0.05) is 0 Å². The Kier molecular flexibility index (Phi) is 4.51. The summed E-state index contributed by atoms with van der Waals surface area (Å²) >= 11 is 0. The maximum Gasteiger partial charge on any atom is 0.339 e. The van der Waals surface area contributed by atoms with Gasteiger partial charge in [-0.3, -0.25) is 0 Å². The van der Waals surface area contributed by atoms with Crippen LogP contribution in [-0.2, 0) is 0 Å². The van der Waals surface area contributed by atoms with E-state index in [1.54, 1.807) is 0 Å². The fourth-order valence-corrected chi connectivity index (χ4v) is 1.13. The number of hydrogen-bond donors (Lipinski definition) is 3. The zero-order valence-electron chi connectivity index (χ0n) is 7.90. The van der Waals surface area contributed by atoms with Gasteiger partial charge in [0.25, 0.3) is 0 Å². The highest BCUT2D eigenvalue weighted by atomic mass is 35.5. The summed E-state index contributed by atoms with van der Waals surface area (Å²) in [5.41, 5.74) is 5.04. The van der Waals surface area contributed by atoms with E-state index in [1.165, 1.54) is 6.92 Å². The third-order valence-corrected chi connectivity index (χ3v) is 1.83. The maximum absolute atomic E-state index is 12.9. The summed E-state index contributed by atoms with van der Waals surface area (Å²) < 4.78 is 12.9. The van der Waals surface area contributed by atoms with E-state index in [0.717, 1.165) is 12.1 Å². The van der Waals surface area contributed by atoms with Crippen molar-refractivity contribution >= 4 is 18.4 Å². The number of aromatic carboxylic acids is 1. The van der Waals surface area contributed by atoms with Crippen molar-refractivity contribution in [2.24, 2.45) is 5.73 Å². The molecule has 1 rings (SSSR count). The summed E-state index contributed by atoms with van der Waals surface area (Å²) in [5.74, 6) is -2.59. The minimum atomic E-state index is -1.39. The lowest BCUT2D eigenvalue weighted by Gasteiger charge is -2.10. The summed E-state index contributed by atoms with van der Waals surface area (Å²) in [7, 11) is 0. The molecule has 84 valence electrons. The van der Waals surface area contributed by atoms with Crippen molar-refractivity contribution in [3.8, 4) is 5.75 Å². The molecule has 0 saturated carbocycles. The lowest BCUT2D eigenvalue weighted by molar-refractivity contribution is 0.0693. The van der Waals surface area contributed by atoms with Gasteiger partial charge in [-0.15, -0.1) is 12.4 Å². The Morgan fingerprint density at radius 3 is 2.47 bits per heavy atom. The second-order valence-electron chi connectivity index (χ2n) is 2.99. The Morgan fingerprint density at radius 2 is 2.07 bits per heavy atom. The smallest absolute Gasteiger partial charge is 0.339 e. The Balaban J connectivity index is 0.00000196. The van der Waals surface area contributed by atoms with E-state index in [2.05, 4.69) is 0 Å². The van der Waals surface area contributed by atoms with Gasteiger partial charge in [-0.05, 0) is 19.1 Å². The van der Waals surface area contributed by atoms with Gasteiger partial charge in [-0.25, -0.2) is 9.18 Å². The molecule has 6 heteroatoms. The number of carboxylic acid groups (broad SMARTS) is 1. The van der Waals surface area contributed by atoms with Gasteiger partial charge in [0.2, 0.25) is 0 Å². The van der Waals surface area contributed by atoms with Crippen molar-refractivity contribution in [3.05, 3.63) is 29.1 Å². The first kappa shape index (κ1) is 13.7. The summed E-state index contributed by atoms with van der Waals surface area (Å²) in [6, 6.07) is 1.15. The monoisotopic (exact) mass is 235 g/mol. The van der Waals surface area contributed by atoms with Crippen molar-refractivity contribution in [1.82, 2.24) is 0 Å². The van der Waals surface area contributed by atoms with Crippen molar-refractivity contribution in [1.29, 1.82) is 0 Å². The number of hydrogen-bond acceptors (Lipinski definition) is 3. The van der Waals surface area contributed by atoms with Crippen LogP contribution < -0.4 is 5.73 Å². The number of benzene rings is 1. The number of nitrogens with two attached hydrogens (primary N) is 1. The highest BCUT2D eigenvalue weighted by molar-refractivity contribution is 5.91. The number of carbonyl (C=O) groups is 1. The van der Waals surface area contributed by atoms with Gasteiger partial charge in [0.15, 0.2) is 0 Å². The van der Waals surface area contributed by atoms with Crippen LogP contribution in [0.5, 0.6) is 5.75 Å². The molecule has 0 aliphatic carbocycles. The van der Waals surface area contributed by atoms with Gasteiger partial charge in [0, 0.05) is 11.6 Å². The summed E-state index contributed by atoms with van der Waals surface area (Å²) in [4.78, 5) is 10.6. The minimum Gasteiger partial charge on any atom is -0.507 e. The van der Waals surface area contributed by atoms with Gasteiger partial charge in [0.05, 0.1) is 0 Å². The van der Waals surface area contributed by atoms with Crippen molar-refractivity contribution in [2.75, 3.05) is 0 Å². The van der Waals surface area contributed by atoms with Crippen LogP contribution in [0, 0.1) is 5.82 Å². The van der Waals surface area contributed by atoms with Crippen molar-refractivity contribution in [3.63, 3.8) is 0 Å². The molecule has 0 saturated heterocycles. The van der Waals surface area contributed by atoms with Crippen LogP contribution in [0.25, 0.3) is 0 Å². The van der Waals surface area contributed by atoms with Gasteiger partial charge >= 0.3 is 5.97 Å². The SMILES string of the molecule is C[C@H](N)c1cc(F)cc(C(=O)O)c1O.Cl. The molecule has 0 aliphatic rings. The zero-order chi connectivity index (χ0) is 10.9. The predicted molar refractivity (Wildman–Crippen MR) is 54.9 cm³/mol. The lowest BCUT2D eigenvalue weighted by atomic mass is 10.0. The molecule has 0 amide bonds. The number of rotatable bonds is 2. The third-order valence-electron chi connectivity index (χ3n) is 1.83. The van der Waals surface area contributed by atoms with E-state index >= 15 is 0 Å². The van der Waals surface area contributed by atoms with E-state index in [-0.39, 0.29) is 18.0 Å². The molecule has 15 heavy (non-hydrogen) atoms. The molecule has 0 aromatic heterocycles. The first-order chi connectivity index (χ1) is 6.43. The molecule has 0 unspecified atom stereocenters. The number of halogens is 2. The lowest BCUT2D eigenvalue weighted by Crippen LogP contribution is -2.08. The quantitative estimate of drug-likeness (QED) is 0.728. The molecular formula is C9H11ClFNO3. The summed E-state index contributed by atoms with van der Waals surface area (Å²) in [6.45, 7) is 1.53. The molecule has 4 nitrogen and oxygen atoms in total. The second kappa shape index (κ2) is 4.95. The molecular weight excluding hydrogens is 225 g/mol. The van der Waals surface area contributed by atoms with Crippen LogP contribution in [0.2, 0.25) is 0 Å². The van der Waals surface area contributed by atoms with E-state index in [1.807, 2.05) is 0 Å². The van der Waals surface area contributed by atoms with Gasteiger partial charge in [-0.2, -0.15) is 0 Å². The maximum atomic E-state index is 12.9. The minimum absolute atomic E-state index is 0. The molecule has 1 aromatic rings. The average Bonchev–Trinajstić information content (AvgIpc) is 2.07. The molecule has 4 N–H and O–H groups in total. The Hall–Kier alpha value is -1.33. The summed E-state index contributed by atoms with van der Waals surface area (Å²) in [6.07, 6.45) is 0. The number of carboxylic acids is 1. The van der Waals surface area contributed by atoms with Crippen LogP contribution in [-0.4, -0.2) is 16.2 Å². The largest absolute Gasteiger partial charge is 0.507 e. The fraction of sp³-hybridized carbons (Fsp3) is 0.222.